The van der Waals surface area contributed by atoms with Crippen LogP contribution >= 0.6 is 0 Å². The van der Waals surface area contributed by atoms with Gasteiger partial charge in [-0.2, -0.15) is 0 Å². The van der Waals surface area contributed by atoms with Gasteiger partial charge < -0.3 is 14.8 Å². The fraction of sp³-hybridized carbons (Fsp3) is 0.625. The highest BCUT2D eigenvalue weighted by molar-refractivity contribution is 5.40. The maximum atomic E-state index is 6.11. The summed E-state index contributed by atoms with van der Waals surface area (Å²) in [7, 11) is 0. The van der Waals surface area contributed by atoms with E-state index in [0.29, 0.717) is 12.6 Å². The summed E-state index contributed by atoms with van der Waals surface area (Å²) < 4.78 is 11.9. The third-order valence-electron chi connectivity index (χ3n) is 4.03. The maximum Gasteiger partial charge on any atom is 0.161 e. The molecule has 19 heavy (non-hydrogen) atoms. The van der Waals surface area contributed by atoms with Crippen LogP contribution in [0.25, 0.3) is 0 Å². The molecule has 1 fully saturated rings. The number of hydrogen-bond donors (Lipinski definition) is 1. The molecule has 1 heterocycles. The summed E-state index contributed by atoms with van der Waals surface area (Å²) in [6.45, 7) is 3.79. The van der Waals surface area contributed by atoms with E-state index in [4.69, 9.17) is 9.47 Å². The molecule has 0 aromatic heterocycles. The van der Waals surface area contributed by atoms with E-state index in [1.807, 2.05) is 24.3 Å². The van der Waals surface area contributed by atoms with Crippen LogP contribution in [0.1, 0.15) is 32.6 Å². The molecule has 3 rings (SSSR count). The van der Waals surface area contributed by atoms with Crippen molar-refractivity contribution in [3.05, 3.63) is 24.3 Å². The zero-order valence-electron chi connectivity index (χ0n) is 11.6. The molecule has 2 atom stereocenters. The Morgan fingerprint density at radius 2 is 2.05 bits per heavy atom. The Morgan fingerprint density at radius 3 is 2.79 bits per heavy atom. The van der Waals surface area contributed by atoms with Gasteiger partial charge in [0.2, 0.25) is 0 Å². The molecule has 1 N–H and O–H groups in total. The number of rotatable bonds is 6. The van der Waals surface area contributed by atoms with Crippen molar-refractivity contribution in [1.82, 2.24) is 5.32 Å². The highest BCUT2D eigenvalue weighted by atomic mass is 16.6. The van der Waals surface area contributed by atoms with Crippen LogP contribution in [-0.2, 0) is 0 Å². The van der Waals surface area contributed by atoms with Gasteiger partial charge in [0.05, 0.1) is 0 Å². The quantitative estimate of drug-likeness (QED) is 0.854. The van der Waals surface area contributed by atoms with Gasteiger partial charge in [-0.15, -0.1) is 0 Å². The summed E-state index contributed by atoms with van der Waals surface area (Å²) >= 11 is 0. The lowest BCUT2D eigenvalue weighted by Gasteiger charge is -2.32. The van der Waals surface area contributed by atoms with E-state index in [-0.39, 0.29) is 6.10 Å². The largest absolute Gasteiger partial charge is 0.486 e. The summed E-state index contributed by atoms with van der Waals surface area (Å²) in [5.41, 5.74) is 0. The Kier molecular flexibility index (Phi) is 3.92. The molecule has 0 spiro atoms. The Bertz CT molecular complexity index is 417. The molecule has 3 heteroatoms. The van der Waals surface area contributed by atoms with Crippen LogP contribution in [0.4, 0.5) is 0 Å². The molecule has 1 aromatic rings. The van der Waals surface area contributed by atoms with E-state index in [2.05, 4.69) is 12.2 Å². The summed E-state index contributed by atoms with van der Waals surface area (Å²) in [5, 5.41) is 3.56. The topological polar surface area (TPSA) is 30.5 Å². The molecule has 0 amide bonds. The molecule has 0 saturated heterocycles. The first-order valence-corrected chi connectivity index (χ1v) is 7.48. The predicted molar refractivity (Wildman–Crippen MR) is 75.8 cm³/mol. The summed E-state index contributed by atoms with van der Waals surface area (Å²) in [5.74, 6) is 2.72. The second kappa shape index (κ2) is 5.83. The Morgan fingerprint density at radius 1 is 1.26 bits per heavy atom. The average molecular weight is 261 g/mol. The van der Waals surface area contributed by atoms with Crippen LogP contribution in [0.5, 0.6) is 11.5 Å². The predicted octanol–water partition coefficient (Wildman–Crippen LogP) is 2.99. The van der Waals surface area contributed by atoms with E-state index < -0.39 is 0 Å². The molecular weight excluding hydrogens is 238 g/mol. The second-order valence-corrected chi connectivity index (χ2v) is 5.60. The normalized spacial score (nSPS) is 23.1. The van der Waals surface area contributed by atoms with Gasteiger partial charge in [-0.25, -0.2) is 0 Å². The van der Waals surface area contributed by atoms with Crippen molar-refractivity contribution in [2.24, 2.45) is 5.92 Å². The van der Waals surface area contributed by atoms with Crippen LogP contribution in [0, 0.1) is 5.92 Å². The first-order valence-electron chi connectivity index (χ1n) is 7.48. The van der Waals surface area contributed by atoms with E-state index in [9.17, 15) is 0 Å². The first-order chi connectivity index (χ1) is 9.36. The lowest BCUT2D eigenvalue weighted by molar-refractivity contribution is 0.0589. The van der Waals surface area contributed by atoms with Crippen LogP contribution in [0.2, 0.25) is 0 Å². The SMILES string of the molecule is CCNC(CCC1CC1)C1COc2ccccc2O1. The summed E-state index contributed by atoms with van der Waals surface area (Å²) in [6.07, 6.45) is 5.48. The smallest absolute Gasteiger partial charge is 0.161 e. The first kappa shape index (κ1) is 12.8. The highest BCUT2D eigenvalue weighted by Gasteiger charge is 2.30. The van der Waals surface area contributed by atoms with Gasteiger partial charge in [-0.05, 0) is 37.4 Å². The number of nitrogens with one attached hydrogen (secondary N) is 1. The van der Waals surface area contributed by atoms with E-state index >= 15 is 0 Å². The third-order valence-corrected chi connectivity index (χ3v) is 4.03. The van der Waals surface area contributed by atoms with E-state index in [1.54, 1.807) is 0 Å². The minimum atomic E-state index is 0.133. The second-order valence-electron chi connectivity index (χ2n) is 5.60. The van der Waals surface area contributed by atoms with Crippen molar-refractivity contribution in [1.29, 1.82) is 0 Å². The molecule has 2 unspecified atom stereocenters. The maximum absolute atomic E-state index is 6.11. The van der Waals surface area contributed by atoms with Gasteiger partial charge in [0.25, 0.3) is 0 Å². The molecule has 3 nitrogen and oxygen atoms in total. The van der Waals surface area contributed by atoms with Gasteiger partial charge in [0, 0.05) is 6.04 Å². The molecule has 1 aliphatic heterocycles. The van der Waals surface area contributed by atoms with Crippen molar-refractivity contribution in [3.8, 4) is 11.5 Å². The molecule has 104 valence electrons. The number of fused-ring (bicyclic) bond motifs is 1. The minimum absolute atomic E-state index is 0.133. The van der Waals surface area contributed by atoms with E-state index in [0.717, 1.165) is 24.0 Å². The van der Waals surface area contributed by atoms with E-state index in [1.165, 1.54) is 25.7 Å². The molecule has 2 aliphatic rings. The van der Waals surface area contributed by atoms with Gasteiger partial charge in [-0.3, -0.25) is 0 Å². The van der Waals surface area contributed by atoms with Gasteiger partial charge in [-0.1, -0.05) is 31.9 Å². The van der Waals surface area contributed by atoms with Gasteiger partial charge in [0.15, 0.2) is 11.5 Å². The molecule has 0 bridgehead atoms. The average Bonchev–Trinajstić information content (AvgIpc) is 3.27. The standard InChI is InChI=1S/C16H23NO2/c1-2-17-13(10-9-12-7-8-12)16-11-18-14-5-3-4-6-15(14)19-16/h3-6,12-13,16-17H,2,7-11H2,1H3. The lowest BCUT2D eigenvalue weighted by Crippen LogP contribution is -2.47. The summed E-state index contributed by atoms with van der Waals surface area (Å²) in [6, 6.07) is 8.34. The number of para-hydroxylation sites is 2. The number of ether oxygens (including phenoxy) is 2. The fourth-order valence-corrected chi connectivity index (χ4v) is 2.74. The monoisotopic (exact) mass is 261 g/mol. The third kappa shape index (κ3) is 3.21. The summed E-state index contributed by atoms with van der Waals surface area (Å²) in [4.78, 5) is 0. The van der Waals surface area contributed by atoms with Gasteiger partial charge in [0.1, 0.15) is 12.7 Å². The fourth-order valence-electron chi connectivity index (χ4n) is 2.74. The van der Waals surface area contributed by atoms with Crippen LogP contribution in [0.3, 0.4) is 0 Å². The van der Waals surface area contributed by atoms with Crippen LogP contribution in [0.15, 0.2) is 24.3 Å². The molecule has 1 aliphatic carbocycles. The van der Waals surface area contributed by atoms with Crippen molar-refractivity contribution in [3.63, 3.8) is 0 Å². The number of hydrogen-bond acceptors (Lipinski definition) is 3. The van der Waals surface area contributed by atoms with Crippen molar-refractivity contribution < 1.29 is 9.47 Å². The Labute approximate surface area is 115 Å². The van der Waals surface area contributed by atoms with Crippen molar-refractivity contribution in [2.45, 2.75) is 44.8 Å². The molecule has 1 aromatic carbocycles. The van der Waals surface area contributed by atoms with Crippen molar-refractivity contribution in [2.75, 3.05) is 13.2 Å². The van der Waals surface area contributed by atoms with Crippen LogP contribution < -0.4 is 14.8 Å². The Balaban J connectivity index is 1.62. The van der Waals surface area contributed by atoms with Crippen LogP contribution in [-0.4, -0.2) is 25.3 Å². The zero-order chi connectivity index (χ0) is 13.1. The molecule has 0 radical (unpaired) electrons. The number of likely N-dealkylation sites (N-methyl/N-ethyl adjacent to an activating group) is 1. The van der Waals surface area contributed by atoms with Gasteiger partial charge >= 0.3 is 0 Å². The molecule has 1 saturated carbocycles. The lowest BCUT2D eigenvalue weighted by atomic mass is 10.0. The Hall–Kier alpha value is -1.22. The zero-order valence-corrected chi connectivity index (χ0v) is 11.6. The van der Waals surface area contributed by atoms with Crippen molar-refractivity contribution >= 4 is 0 Å². The minimum Gasteiger partial charge on any atom is -0.486 e. The highest BCUT2D eigenvalue weighted by Crippen LogP contribution is 2.36. The number of benzene rings is 1. The molecular formula is C16H23NO2.